The second-order valence-electron chi connectivity index (χ2n) is 2.04. The predicted molar refractivity (Wildman–Crippen MR) is 41.8 cm³/mol. The molecular weight excluding hydrogens is 128 g/mol. The molecule has 1 radical (unpaired) electrons. The van der Waals surface area contributed by atoms with Gasteiger partial charge in [0, 0.05) is 0 Å². The van der Waals surface area contributed by atoms with E-state index in [-0.39, 0.29) is 6.10 Å². The summed E-state index contributed by atoms with van der Waals surface area (Å²) in [6.45, 7) is 10.9. The van der Waals surface area contributed by atoms with Crippen molar-refractivity contribution in [3.63, 3.8) is 0 Å². The van der Waals surface area contributed by atoms with Crippen LogP contribution in [0.4, 0.5) is 0 Å². The van der Waals surface area contributed by atoms with Gasteiger partial charge >= 0.3 is 0 Å². The van der Waals surface area contributed by atoms with Crippen molar-refractivity contribution in [3.8, 4) is 0 Å². The van der Waals surface area contributed by atoms with E-state index in [2.05, 4.69) is 13.5 Å². The van der Waals surface area contributed by atoms with Gasteiger partial charge in [0.1, 0.15) is 0 Å². The fraction of sp³-hybridized carbons (Fsp3) is 0.625. The van der Waals surface area contributed by atoms with Gasteiger partial charge in [-0.15, -0.1) is 6.58 Å². The minimum atomic E-state index is 0.0485. The highest BCUT2D eigenvalue weighted by atomic mass is 16.5. The molecule has 0 fully saturated rings. The summed E-state index contributed by atoms with van der Waals surface area (Å²) in [6, 6.07) is 0. The normalized spacial score (nSPS) is 10.3. The molecule has 0 saturated heterocycles. The zero-order chi connectivity index (χ0) is 7.82. The van der Waals surface area contributed by atoms with Crippen LogP contribution >= 0.6 is 0 Å². The van der Waals surface area contributed by atoms with Crippen molar-refractivity contribution in [2.45, 2.75) is 13.0 Å². The minimum Gasteiger partial charge on any atom is -0.376 e. The first kappa shape index (κ1) is 9.66. The van der Waals surface area contributed by atoms with E-state index in [1.54, 1.807) is 6.08 Å². The van der Waals surface area contributed by atoms with Crippen LogP contribution in [0, 0.1) is 6.92 Å². The van der Waals surface area contributed by atoms with Gasteiger partial charge in [0.2, 0.25) is 0 Å². The summed E-state index contributed by atoms with van der Waals surface area (Å²) in [5.74, 6) is 0. The van der Waals surface area contributed by atoms with E-state index in [4.69, 9.17) is 9.47 Å². The number of rotatable bonds is 6. The Morgan fingerprint density at radius 1 is 1.50 bits per heavy atom. The van der Waals surface area contributed by atoms with Crippen LogP contribution < -0.4 is 0 Å². The average molecular weight is 143 g/mol. The van der Waals surface area contributed by atoms with E-state index in [9.17, 15) is 0 Å². The second kappa shape index (κ2) is 6.78. The van der Waals surface area contributed by atoms with Gasteiger partial charge in [-0.3, -0.25) is 0 Å². The summed E-state index contributed by atoms with van der Waals surface area (Å²) in [6.07, 6.45) is 1.76. The molecule has 0 N–H and O–H groups in total. The van der Waals surface area contributed by atoms with Crippen LogP contribution in [-0.4, -0.2) is 25.9 Å². The summed E-state index contributed by atoms with van der Waals surface area (Å²) >= 11 is 0. The Hall–Kier alpha value is -0.340. The molecule has 1 atom stereocenters. The van der Waals surface area contributed by atoms with Crippen molar-refractivity contribution < 1.29 is 9.47 Å². The first-order chi connectivity index (χ1) is 4.77. The lowest BCUT2D eigenvalue weighted by molar-refractivity contribution is 0.0369. The van der Waals surface area contributed by atoms with E-state index < -0.39 is 0 Å². The van der Waals surface area contributed by atoms with E-state index in [1.807, 2.05) is 6.92 Å². The number of hydrogen-bond acceptors (Lipinski definition) is 2. The highest BCUT2D eigenvalue weighted by Crippen LogP contribution is 1.86. The maximum absolute atomic E-state index is 5.12. The predicted octanol–water partition coefficient (Wildman–Crippen LogP) is 1.43. The van der Waals surface area contributed by atoms with Crippen molar-refractivity contribution in [2.75, 3.05) is 19.8 Å². The Morgan fingerprint density at radius 2 is 2.20 bits per heavy atom. The Balaban J connectivity index is 2.83. The third-order valence-corrected chi connectivity index (χ3v) is 0.866. The molecule has 0 amide bonds. The van der Waals surface area contributed by atoms with Crippen LogP contribution in [-0.2, 0) is 9.47 Å². The van der Waals surface area contributed by atoms with E-state index in [0.29, 0.717) is 19.8 Å². The van der Waals surface area contributed by atoms with E-state index in [1.165, 1.54) is 0 Å². The van der Waals surface area contributed by atoms with Crippen molar-refractivity contribution in [3.05, 3.63) is 19.6 Å². The third kappa shape index (κ3) is 7.66. The maximum Gasteiger partial charge on any atom is 0.0704 e. The average Bonchev–Trinajstić information content (AvgIpc) is 1.87. The molecule has 59 valence electrons. The van der Waals surface area contributed by atoms with Crippen molar-refractivity contribution >= 4 is 0 Å². The van der Waals surface area contributed by atoms with Crippen LogP contribution in [0.1, 0.15) is 6.92 Å². The Bertz CT molecular complexity index is 79.3. The van der Waals surface area contributed by atoms with E-state index in [0.717, 1.165) is 0 Å². The SMILES string of the molecule is [CH2]C(C)OCCOCC=C. The Kier molecular flexibility index (Phi) is 6.55. The molecular formula is C8H15O2. The van der Waals surface area contributed by atoms with Gasteiger partial charge in [-0.05, 0) is 13.8 Å². The Morgan fingerprint density at radius 3 is 2.70 bits per heavy atom. The van der Waals surface area contributed by atoms with E-state index >= 15 is 0 Å². The lowest BCUT2D eigenvalue weighted by Crippen LogP contribution is -2.09. The summed E-state index contributed by atoms with van der Waals surface area (Å²) in [4.78, 5) is 0. The summed E-state index contributed by atoms with van der Waals surface area (Å²) in [5, 5.41) is 0. The van der Waals surface area contributed by atoms with Crippen LogP contribution in [0.2, 0.25) is 0 Å². The van der Waals surface area contributed by atoms with Gasteiger partial charge in [-0.2, -0.15) is 0 Å². The molecule has 0 aromatic carbocycles. The van der Waals surface area contributed by atoms with Crippen LogP contribution in [0.3, 0.4) is 0 Å². The van der Waals surface area contributed by atoms with Gasteiger partial charge in [0.25, 0.3) is 0 Å². The molecule has 10 heavy (non-hydrogen) atoms. The summed E-state index contributed by atoms with van der Waals surface area (Å²) < 4.78 is 10.2. The molecule has 0 aromatic heterocycles. The zero-order valence-electron chi connectivity index (χ0n) is 6.51. The number of hydrogen-bond donors (Lipinski definition) is 0. The highest BCUT2D eigenvalue weighted by Gasteiger charge is 1.90. The number of ether oxygens (including phenoxy) is 2. The topological polar surface area (TPSA) is 18.5 Å². The summed E-state index contributed by atoms with van der Waals surface area (Å²) in [5.41, 5.74) is 0. The second-order valence-corrected chi connectivity index (χ2v) is 2.04. The van der Waals surface area contributed by atoms with Crippen molar-refractivity contribution in [2.24, 2.45) is 0 Å². The zero-order valence-corrected chi connectivity index (χ0v) is 6.51. The molecule has 2 heteroatoms. The molecule has 0 aliphatic rings. The molecule has 0 aromatic rings. The fourth-order valence-electron chi connectivity index (χ4n) is 0.475. The lowest BCUT2D eigenvalue weighted by atomic mass is 10.5. The third-order valence-electron chi connectivity index (χ3n) is 0.866. The van der Waals surface area contributed by atoms with Crippen molar-refractivity contribution in [1.82, 2.24) is 0 Å². The molecule has 1 unspecified atom stereocenters. The van der Waals surface area contributed by atoms with Crippen molar-refractivity contribution in [1.29, 1.82) is 0 Å². The highest BCUT2D eigenvalue weighted by molar-refractivity contribution is 4.63. The minimum absolute atomic E-state index is 0.0485. The molecule has 0 aliphatic carbocycles. The van der Waals surface area contributed by atoms with Gasteiger partial charge in [0.15, 0.2) is 0 Å². The molecule has 0 heterocycles. The molecule has 0 saturated carbocycles. The first-order valence-electron chi connectivity index (χ1n) is 3.40. The lowest BCUT2D eigenvalue weighted by Gasteiger charge is -2.06. The van der Waals surface area contributed by atoms with Gasteiger partial charge < -0.3 is 9.47 Å². The maximum atomic E-state index is 5.12. The largest absolute Gasteiger partial charge is 0.376 e. The summed E-state index contributed by atoms with van der Waals surface area (Å²) in [7, 11) is 0. The monoisotopic (exact) mass is 143 g/mol. The van der Waals surface area contributed by atoms with Gasteiger partial charge in [-0.1, -0.05) is 6.08 Å². The quantitative estimate of drug-likeness (QED) is 0.413. The Labute approximate surface area is 62.8 Å². The fourth-order valence-corrected chi connectivity index (χ4v) is 0.475. The van der Waals surface area contributed by atoms with Gasteiger partial charge in [-0.25, -0.2) is 0 Å². The van der Waals surface area contributed by atoms with Crippen LogP contribution in [0.15, 0.2) is 12.7 Å². The van der Waals surface area contributed by atoms with Crippen LogP contribution in [0.5, 0.6) is 0 Å². The first-order valence-corrected chi connectivity index (χ1v) is 3.40. The van der Waals surface area contributed by atoms with Crippen LogP contribution in [0.25, 0.3) is 0 Å². The van der Waals surface area contributed by atoms with Gasteiger partial charge in [0.05, 0.1) is 25.9 Å². The molecule has 0 rings (SSSR count). The molecule has 0 spiro atoms. The smallest absolute Gasteiger partial charge is 0.0704 e. The molecule has 0 aliphatic heterocycles. The molecule has 0 bridgehead atoms. The standard InChI is InChI=1S/C8H15O2/c1-4-5-9-6-7-10-8(2)3/h4,8H,1-2,5-7H2,3H3. The molecule has 2 nitrogen and oxygen atoms in total.